The van der Waals surface area contributed by atoms with Gasteiger partial charge in [0.15, 0.2) is 0 Å². The Kier molecular flexibility index (Phi) is 4.56. The van der Waals surface area contributed by atoms with E-state index in [0.29, 0.717) is 6.42 Å². The smallest absolute Gasteiger partial charge is 0.126 e. The van der Waals surface area contributed by atoms with Crippen molar-refractivity contribution in [2.45, 2.75) is 20.5 Å². The van der Waals surface area contributed by atoms with E-state index in [-0.39, 0.29) is 23.6 Å². The number of hydrogen-bond donors (Lipinski definition) is 0. The summed E-state index contributed by atoms with van der Waals surface area (Å²) < 4.78 is -2.32. The number of hydrogen-bond acceptors (Lipinski definition) is 0. The first-order valence-corrected chi connectivity index (χ1v) is 8.80. The molecule has 0 nitrogen and oxygen atoms in total. The van der Waals surface area contributed by atoms with Gasteiger partial charge in [-0.15, -0.1) is 69.6 Å². The molecule has 106 valence electrons. The first-order chi connectivity index (χ1) is 8.18. The molecule has 0 spiro atoms. The Morgan fingerprint density at radius 2 is 1.39 bits per heavy atom. The Labute approximate surface area is 146 Å². The van der Waals surface area contributed by atoms with Crippen molar-refractivity contribution in [3.63, 3.8) is 0 Å². The maximum atomic E-state index is 6.45. The van der Waals surface area contributed by atoms with E-state index in [1.54, 1.807) is 0 Å². The van der Waals surface area contributed by atoms with Crippen LogP contribution in [0.4, 0.5) is 0 Å². The van der Waals surface area contributed by atoms with Crippen molar-refractivity contribution in [1.29, 1.82) is 0 Å². The van der Waals surface area contributed by atoms with E-state index in [1.165, 1.54) is 0 Å². The highest BCUT2D eigenvalue weighted by molar-refractivity contribution is 6.56. The Hall–Kier alpha value is 2.32. The highest BCUT2D eigenvalue weighted by Crippen LogP contribution is 2.80. The lowest BCUT2D eigenvalue weighted by Crippen LogP contribution is -2.55. The third-order valence-corrected chi connectivity index (χ3v) is 8.85. The zero-order valence-electron chi connectivity index (χ0n) is 9.01. The molecular weight excluding hydrogens is 404 g/mol. The summed E-state index contributed by atoms with van der Waals surface area (Å²) in [7, 11) is 0. The normalized spacial score (nSPS) is 43.3. The van der Waals surface area contributed by atoms with Gasteiger partial charge in [-0.2, -0.15) is 0 Å². The van der Waals surface area contributed by atoms with Crippen molar-refractivity contribution in [3.8, 4) is 0 Å². The number of halogens is 8. The van der Waals surface area contributed by atoms with Crippen LogP contribution in [-0.2, 0) is 0 Å². The molecule has 0 aromatic heterocycles. The van der Waals surface area contributed by atoms with Crippen LogP contribution in [0.2, 0.25) is 0 Å². The standard InChI is InChI=1S/C10H10Cl8/c11-2-7(3-12)5-1-9(15,16)8(7,4-13)6(14)10(5,17)18/h5-6H,1-4H2/t5-,6-,8-/m1/s1. The largest absolute Gasteiger partial charge is 0.138 e. The molecule has 2 fully saturated rings. The fraction of sp³-hybridized carbons (Fsp3) is 1.00. The van der Waals surface area contributed by atoms with Gasteiger partial charge in [0.25, 0.3) is 0 Å². The molecule has 0 N–H and O–H groups in total. The molecule has 0 amide bonds. The monoisotopic (exact) mass is 410 g/mol. The van der Waals surface area contributed by atoms with Crippen LogP contribution >= 0.6 is 92.8 Å². The number of alkyl halides is 8. The van der Waals surface area contributed by atoms with E-state index in [4.69, 9.17) is 92.8 Å². The summed E-state index contributed by atoms with van der Waals surface area (Å²) >= 11 is 50.6. The molecule has 2 rings (SSSR count). The molecule has 0 aliphatic heterocycles. The Bertz CT molecular complexity index is 350. The molecule has 18 heavy (non-hydrogen) atoms. The molecule has 0 radical (unpaired) electrons. The highest BCUT2D eigenvalue weighted by atomic mass is 35.5. The van der Waals surface area contributed by atoms with Crippen molar-refractivity contribution in [2.24, 2.45) is 16.7 Å². The maximum Gasteiger partial charge on any atom is 0.138 e. The summed E-state index contributed by atoms with van der Waals surface area (Å²) in [6, 6.07) is 0. The van der Waals surface area contributed by atoms with E-state index < -0.39 is 24.9 Å². The molecule has 0 aromatic rings. The van der Waals surface area contributed by atoms with Gasteiger partial charge < -0.3 is 0 Å². The van der Waals surface area contributed by atoms with Crippen LogP contribution in [0.1, 0.15) is 6.42 Å². The van der Waals surface area contributed by atoms with Crippen molar-refractivity contribution < 1.29 is 0 Å². The topological polar surface area (TPSA) is 0 Å². The zero-order valence-corrected chi connectivity index (χ0v) is 15.1. The molecule has 2 aliphatic rings. The Balaban J connectivity index is 2.70. The van der Waals surface area contributed by atoms with E-state index in [9.17, 15) is 0 Å². The van der Waals surface area contributed by atoms with Crippen LogP contribution in [0.25, 0.3) is 0 Å². The van der Waals surface area contributed by atoms with E-state index in [0.717, 1.165) is 0 Å². The summed E-state index contributed by atoms with van der Waals surface area (Å²) in [6.45, 7) is 0. The lowest BCUT2D eigenvalue weighted by Gasteiger charge is -2.47. The van der Waals surface area contributed by atoms with E-state index in [1.807, 2.05) is 0 Å². The Morgan fingerprint density at radius 3 is 1.72 bits per heavy atom. The Morgan fingerprint density at radius 1 is 0.889 bits per heavy atom. The van der Waals surface area contributed by atoms with E-state index >= 15 is 0 Å². The van der Waals surface area contributed by atoms with Crippen LogP contribution in [0, 0.1) is 16.7 Å². The molecule has 2 aliphatic carbocycles. The minimum absolute atomic E-state index is 0.102. The minimum Gasteiger partial charge on any atom is -0.126 e. The van der Waals surface area contributed by atoms with Crippen LogP contribution in [0.5, 0.6) is 0 Å². The SMILES string of the molecule is ClCC1(CCl)[C@H]2CC(Cl)(Cl)[C@]1(CCl)[C@@H](Cl)C2(Cl)Cl. The van der Waals surface area contributed by atoms with Gasteiger partial charge in [0, 0.05) is 34.4 Å². The van der Waals surface area contributed by atoms with Crippen LogP contribution in [0.3, 0.4) is 0 Å². The van der Waals surface area contributed by atoms with E-state index in [2.05, 4.69) is 0 Å². The van der Waals surface area contributed by atoms with Crippen molar-refractivity contribution in [1.82, 2.24) is 0 Å². The second kappa shape index (κ2) is 4.92. The van der Waals surface area contributed by atoms with Crippen molar-refractivity contribution in [2.75, 3.05) is 17.6 Å². The molecule has 8 heteroatoms. The third kappa shape index (κ3) is 1.62. The minimum atomic E-state index is -1.19. The molecule has 3 atom stereocenters. The molecule has 0 saturated heterocycles. The first kappa shape index (κ1) is 16.7. The van der Waals surface area contributed by atoms with Gasteiger partial charge >= 0.3 is 0 Å². The van der Waals surface area contributed by atoms with Gasteiger partial charge in [-0.05, 0) is 6.42 Å². The average molecular weight is 414 g/mol. The van der Waals surface area contributed by atoms with Gasteiger partial charge in [-0.3, -0.25) is 0 Å². The van der Waals surface area contributed by atoms with Crippen LogP contribution in [0.15, 0.2) is 0 Å². The first-order valence-electron chi connectivity index (χ1n) is 5.25. The summed E-state index contributed by atoms with van der Waals surface area (Å²) in [5.74, 6) is 0.226. The quantitative estimate of drug-likeness (QED) is 0.523. The molecular formula is C10H10Cl8. The van der Waals surface area contributed by atoms with Gasteiger partial charge in [-0.25, -0.2) is 0 Å². The van der Waals surface area contributed by atoms with Gasteiger partial charge in [-0.1, -0.05) is 23.2 Å². The predicted octanol–water partition coefficient (Wildman–Crippen LogP) is 5.66. The second-order valence-corrected chi connectivity index (χ2v) is 9.19. The predicted molar refractivity (Wildman–Crippen MR) is 83.6 cm³/mol. The van der Waals surface area contributed by atoms with Crippen LogP contribution in [-0.4, -0.2) is 31.7 Å². The van der Waals surface area contributed by atoms with Crippen molar-refractivity contribution >= 4 is 92.8 Å². The maximum absolute atomic E-state index is 6.45. The highest BCUT2D eigenvalue weighted by Gasteiger charge is 2.84. The van der Waals surface area contributed by atoms with Gasteiger partial charge in [0.1, 0.15) is 8.67 Å². The summed E-state index contributed by atoms with van der Waals surface area (Å²) in [4.78, 5) is 0. The summed E-state index contributed by atoms with van der Waals surface area (Å²) in [5, 5.41) is -0.711. The fourth-order valence-corrected chi connectivity index (χ4v) is 8.24. The second-order valence-electron chi connectivity index (χ2n) is 5.03. The van der Waals surface area contributed by atoms with Crippen LogP contribution < -0.4 is 0 Å². The summed E-state index contributed by atoms with van der Waals surface area (Å²) in [5.41, 5.74) is -1.58. The zero-order chi connectivity index (χ0) is 14.0. The lowest BCUT2D eigenvalue weighted by atomic mass is 9.70. The molecule has 2 bridgehead atoms. The number of fused-ring (bicyclic) bond motifs is 2. The third-order valence-electron chi connectivity index (χ3n) is 4.59. The van der Waals surface area contributed by atoms with Gasteiger partial charge in [0.05, 0.1) is 5.38 Å². The lowest BCUT2D eigenvalue weighted by molar-refractivity contribution is 0.160. The molecule has 0 aromatic carbocycles. The van der Waals surface area contributed by atoms with Crippen molar-refractivity contribution in [3.05, 3.63) is 0 Å². The average Bonchev–Trinajstić information content (AvgIpc) is 2.60. The summed E-state index contributed by atoms with van der Waals surface area (Å²) in [6.07, 6.45) is 0.374. The molecule has 0 heterocycles. The molecule has 0 unspecified atom stereocenters. The molecule has 2 saturated carbocycles. The fourth-order valence-electron chi connectivity index (χ4n) is 3.52. The number of rotatable bonds is 3. The van der Waals surface area contributed by atoms with Gasteiger partial charge in [0.2, 0.25) is 0 Å².